The molecule has 1 aliphatic heterocycles. The van der Waals surface area contributed by atoms with Crippen molar-refractivity contribution in [2.45, 2.75) is 18.9 Å². The summed E-state index contributed by atoms with van der Waals surface area (Å²) < 4.78 is 7.56. The van der Waals surface area contributed by atoms with Gasteiger partial charge in [0, 0.05) is 13.2 Å². The second-order valence-electron chi connectivity index (χ2n) is 4.50. The lowest BCUT2D eigenvalue weighted by molar-refractivity contribution is 0.00479. The molecule has 1 unspecified atom stereocenters. The zero-order valence-electron chi connectivity index (χ0n) is 9.79. The minimum absolute atomic E-state index is 0.229. The van der Waals surface area contributed by atoms with Crippen molar-refractivity contribution >= 4 is 21.6 Å². The summed E-state index contributed by atoms with van der Waals surface area (Å²) in [5.41, 5.74) is 1.53. The molecule has 0 aromatic carbocycles. The number of hydrogen-bond acceptors (Lipinski definition) is 4. The van der Waals surface area contributed by atoms with Crippen molar-refractivity contribution in [3.8, 4) is 0 Å². The molecule has 0 bridgehead atoms. The number of hydrogen-bond donors (Lipinski definition) is 1. The topological polar surface area (TPSA) is 59.7 Å². The lowest BCUT2D eigenvalue weighted by atomic mass is 9.92. The van der Waals surface area contributed by atoms with Crippen LogP contribution in [-0.2, 0) is 4.74 Å². The molecule has 3 rings (SSSR count). The van der Waals surface area contributed by atoms with Gasteiger partial charge in [-0.15, -0.1) is 5.10 Å². The van der Waals surface area contributed by atoms with Crippen LogP contribution in [0.3, 0.4) is 0 Å². The van der Waals surface area contributed by atoms with Crippen molar-refractivity contribution in [1.82, 2.24) is 14.6 Å². The summed E-state index contributed by atoms with van der Waals surface area (Å²) in [6, 6.07) is 5.67. The summed E-state index contributed by atoms with van der Waals surface area (Å²) >= 11 is 3.26. The average molecular weight is 312 g/mol. The molecule has 1 fully saturated rings. The maximum atomic E-state index is 10.5. The molecule has 2 aromatic heterocycles. The summed E-state index contributed by atoms with van der Waals surface area (Å²) in [5.74, 6) is 0.229. The quantitative estimate of drug-likeness (QED) is 0.921. The second-order valence-corrected chi connectivity index (χ2v) is 5.21. The van der Waals surface area contributed by atoms with E-state index in [9.17, 15) is 5.11 Å². The number of aliphatic hydroxyl groups excluding tert-OH is 1. The number of nitrogens with zero attached hydrogens (tertiary/aromatic N) is 3. The van der Waals surface area contributed by atoms with Gasteiger partial charge in [-0.05, 0) is 46.8 Å². The Hall–Kier alpha value is -0.980. The van der Waals surface area contributed by atoms with E-state index in [4.69, 9.17) is 4.74 Å². The van der Waals surface area contributed by atoms with E-state index in [1.807, 2.05) is 18.2 Å². The highest BCUT2D eigenvalue weighted by Gasteiger charge is 2.25. The van der Waals surface area contributed by atoms with Gasteiger partial charge in [0.2, 0.25) is 4.73 Å². The Morgan fingerprint density at radius 1 is 1.39 bits per heavy atom. The molecule has 3 heterocycles. The fourth-order valence-corrected chi connectivity index (χ4v) is 2.74. The molecule has 1 N–H and O–H groups in total. The zero-order chi connectivity index (χ0) is 12.5. The Morgan fingerprint density at radius 2 is 2.17 bits per heavy atom. The highest BCUT2D eigenvalue weighted by molar-refractivity contribution is 9.10. The summed E-state index contributed by atoms with van der Waals surface area (Å²) in [6.07, 6.45) is 1.24. The Morgan fingerprint density at radius 3 is 2.94 bits per heavy atom. The summed E-state index contributed by atoms with van der Waals surface area (Å²) in [4.78, 5) is 4.23. The molecule has 0 spiro atoms. The van der Waals surface area contributed by atoms with Gasteiger partial charge in [-0.1, -0.05) is 6.07 Å². The van der Waals surface area contributed by atoms with Gasteiger partial charge in [0.1, 0.15) is 0 Å². The predicted molar refractivity (Wildman–Crippen MR) is 69.2 cm³/mol. The van der Waals surface area contributed by atoms with Crippen molar-refractivity contribution < 1.29 is 9.84 Å². The van der Waals surface area contributed by atoms with Crippen LogP contribution in [0.4, 0.5) is 0 Å². The third-order valence-corrected chi connectivity index (χ3v) is 3.71. The normalized spacial score (nSPS) is 19.2. The first kappa shape index (κ1) is 12.1. The van der Waals surface area contributed by atoms with Crippen LogP contribution in [0.25, 0.3) is 5.65 Å². The first-order valence-electron chi connectivity index (χ1n) is 6.03. The van der Waals surface area contributed by atoms with E-state index in [0.717, 1.165) is 37.4 Å². The van der Waals surface area contributed by atoms with E-state index in [-0.39, 0.29) is 5.92 Å². The molecule has 96 valence electrons. The maximum absolute atomic E-state index is 10.5. The summed E-state index contributed by atoms with van der Waals surface area (Å²) in [7, 11) is 0. The molecule has 0 aliphatic carbocycles. The molecule has 6 heteroatoms. The van der Waals surface area contributed by atoms with Crippen molar-refractivity contribution in [1.29, 1.82) is 0 Å². The van der Waals surface area contributed by atoms with E-state index >= 15 is 0 Å². The van der Waals surface area contributed by atoms with Crippen LogP contribution in [0, 0.1) is 5.92 Å². The number of aromatic nitrogens is 3. The fourth-order valence-electron chi connectivity index (χ4n) is 2.40. The lowest BCUT2D eigenvalue weighted by Crippen LogP contribution is -2.23. The van der Waals surface area contributed by atoms with Gasteiger partial charge in [-0.25, -0.2) is 9.50 Å². The molecule has 1 saturated heterocycles. The van der Waals surface area contributed by atoms with Gasteiger partial charge < -0.3 is 9.84 Å². The van der Waals surface area contributed by atoms with Gasteiger partial charge in [0.25, 0.3) is 0 Å². The van der Waals surface area contributed by atoms with Crippen molar-refractivity contribution in [3.63, 3.8) is 0 Å². The van der Waals surface area contributed by atoms with Gasteiger partial charge in [-0.3, -0.25) is 0 Å². The molecule has 5 nitrogen and oxygen atoms in total. The van der Waals surface area contributed by atoms with Crippen LogP contribution in [0.1, 0.15) is 24.6 Å². The number of ether oxygens (including phenoxy) is 1. The first-order valence-corrected chi connectivity index (χ1v) is 6.82. The van der Waals surface area contributed by atoms with Gasteiger partial charge in [0.05, 0.1) is 11.8 Å². The molecule has 0 saturated carbocycles. The zero-order valence-corrected chi connectivity index (χ0v) is 11.4. The molecule has 0 radical (unpaired) electrons. The SMILES string of the molecule is OC(c1cccc2nc(Br)nn12)C1CCOCC1. The van der Waals surface area contributed by atoms with Crippen LogP contribution in [0.5, 0.6) is 0 Å². The Balaban J connectivity index is 1.97. The van der Waals surface area contributed by atoms with Crippen molar-refractivity contribution in [2.24, 2.45) is 5.92 Å². The van der Waals surface area contributed by atoms with E-state index in [2.05, 4.69) is 26.0 Å². The van der Waals surface area contributed by atoms with Crippen molar-refractivity contribution in [2.75, 3.05) is 13.2 Å². The largest absolute Gasteiger partial charge is 0.387 e. The third-order valence-electron chi connectivity index (χ3n) is 3.38. The third kappa shape index (κ3) is 2.15. The number of halogens is 1. The van der Waals surface area contributed by atoms with Crippen LogP contribution >= 0.6 is 15.9 Å². The smallest absolute Gasteiger partial charge is 0.218 e. The van der Waals surface area contributed by atoms with Gasteiger partial charge in [-0.2, -0.15) is 0 Å². The van der Waals surface area contributed by atoms with E-state index in [1.165, 1.54) is 0 Å². The molecule has 18 heavy (non-hydrogen) atoms. The molecular weight excluding hydrogens is 298 g/mol. The Bertz CT molecular complexity index is 551. The van der Waals surface area contributed by atoms with Crippen molar-refractivity contribution in [3.05, 3.63) is 28.6 Å². The van der Waals surface area contributed by atoms with E-state index in [1.54, 1.807) is 4.52 Å². The van der Waals surface area contributed by atoms with Crippen LogP contribution in [0.15, 0.2) is 22.9 Å². The monoisotopic (exact) mass is 311 g/mol. The minimum atomic E-state index is -0.522. The van der Waals surface area contributed by atoms with Gasteiger partial charge >= 0.3 is 0 Å². The predicted octanol–water partition coefficient (Wildman–Crippen LogP) is 1.95. The minimum Gasteiger partial charge on any atom is -0.387 e. The maximum Gasteiger partial charge on any atom is 0.218 e. The Labute approximate surface area is 113 Å². The van der Waals surface area contributed by atoms with Crippen LogP contribution in [-0.4, -0.2) is 32.9 Å². The van der Waals surface area contributed by atoms with Gasteiger partial charge in [0.15, 0.2) is 5.65 Å². The average Bonchev–Trinajstić information content (AvgIpc) is 2.79. The first-order chi connectivity index (χ1) is 8.75. The number of aliphatic hydroxyl groups is 1. The molecular formula is C12H14BrN3O2. The van der Waals surface area contributed by atoms with Crippen LogP contribution < -0.4 is 0 Å². The summed E-state index contributed by atoms with van der Waals surface area (Å²) in [6.45, 7) is 1.44. The number of fused-ring (bicyclic) bond motifs is 1. The molecule has 1 aliphatic rings. The fraction of sp³-hybridized carbons (Fsp3) is 0.500. The highest BCUT2D eigenvalue weighted by atomic mass is 79.9. The Kier molecular flexibility index (Phi) is 3.32. The molecule has 0 amide bonds. The van der Waals surface area contributed by atoms with E-state index in [0.29, 0.717) is 4.73 Å². The number of rotatable bonds is 2. The standard InChI is InChI=1S/C12H14BrN3O2/c13-12-14-10-3-1-2-9(16(10)15-12)11(17)8-4-6-18-7-5-8/h1-3,8,11,17H,4-7H2. The lowest BCUT2D eigenvalue weighted by Gasteiger charge is -2.26. The van der Waals surface area contributed by atoms with Crippen LogP contribution in [0.2, 0.25) is 0 Å². The summed E-state index contributed by atoms with van der Waals surface area (Å²) in [5, 5.41) is 14.8. The molecule has 2 aromatic rings. The molecule has 1 atom stereocenters. The number of pyridine rings is 1. The second kappa shape index (κ2) is 4.95. The highest BCUT2D eigenvalue weighted by Crippen LogP contribution is 2.30. The van der Waals surface area contributed by atoms with E-state index < -0.39 is 6.10 Å².